The molecule has 0 saturated carbocycles. The quantitative estimate of drug-likeness (QED) is 0.466. The molecule has 2 aromatic carbocycles. The highest BCUT2D eigenvalue weighted by molar-refractivity contribution is 7.77. The van der Waals surface area contributed by atoms with E-state index in [2.05, 4.69) is 15.4 Å². The van der Waals surface area contributed by atoms with Gasteiger partial charge in [-0.15, -0.1) is 0 Å². The van der Waals surface area contributed by atoms with Crippen LogP contribution in [0.15, 0.2) is 42.5 Å². The summed E-state index contributed by atoms with van der Waals surface area (Å²) >= 11 is 3.45. The number of hydrogen-bond donors (Lipinski definition) is 3. The summed E-state index contributed by atoms with van der Waals surface area (Å²) in [5.74, 6) is -0.554. The molecule has 0 spiro atoms. The van der Waals surface area contributed by atoms with Crippen LogP contribution in [0.5, 0.6) is 0 Å². The van der Waals surface area contributed by atoms with Gasteiger partial charge in [0.15, 0.2) is 0 Å². The molecule has 0 fully saturated rings. The van der Waals surface area contributed by atoms with E-state index in [0.29, 0.717) is 17.9 Å². The predicted octanol–water partition coefficient (Wildman–Crippen LogP) is 3.83. The molecular formula is C17H18ClFN3O3S-. The third kappa shape index (κ3) is 7.09. The first-order valence-corrected chi connectivity index (χ1v) is 9.34. The number of benzene rings is 2. The molecule has 0 aliphatic carbocycles. The summed E-state index contributed by atoms with van der Waals surface area (Å²) in [7, 11) is 0. The Labute approximate surface area is 158 Å². The molecule has 0 aliphatic heterocycles. The highest BCUT2D eigenvalue weighted by Gasteiger charge is 2.06. The predicted molar refractivity (Wildman–Crippen MR) is 100 cm³/mol. The first-order chi connectivity index (χ1) is 12.4. The number of nitrogens with one attached hydrogen (secondary N) is 3. The Kier molecular flexibility index (Phi) is 7.99. The van der Waals surface area contributed by atoms with Gasteiger partial charge in [0.05, 0.1) is 5.02 Å². The average Bonchev–Trinajstić information content (AvgIpc) is 2.58. The molecule has 2 rings (SSSR count). The van der Waals surface area contributed by atoms with Crippen molar-refractivity contribution >= 4 is 40.3 Å². The maximum absolute atomic E-state index is 13.1. The maximum atomic E-state index is 13.1. The van der Waals surface area contributed by atoms with E-state index in [0.717, 1.165) is 24.8 Å². The van der Waals surface area contributed by atoms with Crippen molar-refractivity contribution in [1.29, 1.82) is 0 Å². The topological polar surface area (TPSA) is 93.3 Å². The van der Waals surface area contributed by atoms with Crippen LogP contribution in [-0.4, -0.2) is 21.3 Å². The number of unbranched alkanes of at least 4 members (excludes halogenated alkanes) is 1. The third-order valence-electron chi connectivity index (χ3n) is 3.47. The largest absolute Gasteiger partial charge is 0.760 e. The Morgan fingerprint density at radius 1 is 1.12 bits per heavy atom. The van der Waals surface area contributed by atoms with Gasteiger partial charge >= 0.3 is 6.03 Å². The molecule has 1 unspecified atom stereocenters. The average molecular weight is 399 g/mol. The number of anilines is 2. The van der Waals surface area contributed by atoms with Crippen LogP contribution in [0, 0.1) is 5.82 Å². The van der Waals surface area contributed by atoms with Gasteiger partial charge in [0, 0.05) is 29.2 Å². The van der Waals surface area contributed by atoms with E-state index >= 15 is 0 Å². The van der Waals surface area contributed by atoms with Crippen molar-refractivity contribution in [3.8, 4) is 0 Å². The first-order valence-electron chi connectivity index (χ1n) is 7.89. The number of aryl methyl sites for hydroxylation is 1. The van der Waals surface area contributed by atoms with Gasteiger partial charge in [-0.3, -0.25) is 4.21 Å². The van der Waals surface area contributed by atoms with Crippen LogP contribution >= 0.6 is 11.6 Å². The minimum Gasteiger partial charge on any atom is -0.760 e. The van der Waals surface area contributed by atoms with E-state index < -0.39 is 23.1 Å². The number of urea groups is 1. The number of hydrogen-bond acceptors (Lipinski definition) is 3. The van der Waals surface area contributed by atoms with E-state index in [-0.39, 0.29) is 5.02 Å². The van der Waals surface area contributed by atoms with Crippen LogP contribution in [0.25, 0.3) is 0 Å². The van der Waals surface area contributed by atoms with Gasteiger partial charge in [-0.05, 0) is 55.2 Å². The van der Waals surface area contributed by atoms with E-state index in [4.69, 9.17) is 11.6 Å². The Balaban J connectivity index is 1.84. The summed E-state index contributed by atoms with van der Waals surface area (Å²) in [6.07, 6.45) is 2.29. The number of carbonyl (C=O) groups is 1. The van der Waals surface area contributed by atoms with Crippen molar-refractivity contribution in [3.63, 3.8) is 0 Å². The van der Waals surface area contributed by atoms with Crippen LogP contribution < -0.4 is 15.4 Å². The first kappa shape index (κ1) is 20.3. The van der Waals surface area contributed by atoms with Crippen LogP contribution in [-0.2, 0) is 17.7 Å². The van der Waals surface area contributed by atoms with Gasteiger partial charge in [0.2, 0.25) is 0 Å². The molecule has 26 heavy (non-hydrogen) atoms. The zero-order chi connectivity index (χ0) is 18.9. The summed E-state index contributed by atoms with van der Waals surface area (Å²) in [5.41, 5.74) is 2.02. The lowest BCUT2D eigenvalue weighted by Crippen LogP contribution is -2.19. The number of carbonyl (C=O) groups excluding carboxylic acids is 1. The molecule has 3 N–H and O–H groups in total. The van der Waals surface area contributed by atoms with Gasteiger partial charge in [0.1, 0.15) is 5.82 Å². The molecule has 9 heteroatoms. The van der Waals surface area contributed by atoms with Crippen LogP contribution in [0.1, 0.15) is 18.4 Å². The molecule has 140 valence electrons. The molecule has 6 nitrogen and oxygen atoms in total. The highest BCUT2D eigenvalue weighted by Crippen LogP contribution is 2.20. The van der Waals surface area contributed by atoms with Crippen LogP contribution in [0.2, 0.25) is 5.02 Å². The van der Waals surface area contributed by atoms with Gasteiger partial charge in [0.25, 0.3) is 0 Å². The van der Waals surface area contributed by atoms with Crippen LogP contribution in [0.3, 0.4) is 0 Å². The van der Waals surface area contributed by atoms with Crippen molar-refractivity contribution in [2.24, 2.45) is 0 Å². The molecule has 0 aliphatic rings. The summed E-state index contributed by atoms with van der Waals surface area (Å²) < 4.78 is 36.2. The molecule has 0 heterocycles. The van der Waals surface area contributed by atoms with E-state index in [9.17, 15) is 17.9 Å². The van der Waals surface area contributed by atoms with Crippen molar-refractivity contribution < 1.29 is 17.9 Å². The minimum absolute atomic E-state index is 0.0694. The van der Waals surface area contributed by atoms with Crippen molar-refractivity contribution in [3.05, 3.63) is 58.9 Å². The second-order valence-corrected chi connectivity index (χ2v) is 6.66. The van der Waals surface area contributed by atoms with Gasteiger partial charge in [-0.2, -0.15) is 0 Å². The number of amides is 2. The minimum atomic E-state index is -2.23. The Morgan fingerprint density at radius 3 is 2.54 bits per heavy atom. The third-order valence-corrected chi connectivity index (χ3v) is 4.20. The Hall–Kier alpha value is -2.00. The van der Waals surface area contributed by atoms with Gasteiger partial charge in [-0.25, -0.2) is 13.9 Å². The lowest BCUT2D eigenvalue weighted by molar-refractivity contribution is 0.262. The van der Waals surface area contributed by atoms with Crippen molar-refractivity contribution in [1.82, 2.24) is 4.72 Å². The smallest absolute Gasteiger partial charge is 0.323 e. The van der Waals surface area contributed by atoms with Crippen LogP contribution in [0.4, 0.5) is 20.6 Å². The molecular weight excluding hydrogens is 381 g/mol. The molecule has 1 atom stereocenters. The number of rotatable bonds is 8. The molecule has 2 amide bonds. The summed E-state index contributed by atoms with van der Waals surface area (Å²) in [4.78, 5) is 12.0. The molecule has 0 saturated heterocycles. The molecule has 0 radical (unpaired) electrons. The summed E-state index contributed by atoms with van der Waals surface area (Å²) in [5, 5.41) is 5.21. The van der Waals surface area contributed by atoms with Gasteiger partial charge < -0.3 is 15.2 Å². The fraction of sp³-hybridized carbons (Fsp3) is 0.235. The SMILES string of the molecule is O=C(Nc1cccc(CCCCNS(=O)[O-])c1)Nc1ccc(F)c(Cl)c1. The van der Waals surface area contributed by atoms with E-state index in [1.807, 2.05) is 18.2 Å². The highest BCUT2D eigenvalue weighted by atomic mass is 35.5. The van der Waals surface area contributed by atoms with Crippen molar-refractivity contribution in [2.75, 3.05) is 17.2 Å². The second-order valence-electron chi connectivity index (χ2n) is 5.49. The fourth-order valence-electron chi connectivity index (χ4n) is 2.28. The standard InChI is InChI=1S/C17H19ClFN3O3S/c18-15-11-14(7-8-16(15)19)22-17(23)21-13-6-3-5-12(10-13)4-1-2-9-20-26(24)25/h3,5-8,10-11,20H,1-2,4,9H2,(H,24,25)(H2,21,22,23)/p-1. The van der Waals surface area contributed by atoms with Gasteiger partial charge in [-0.1, -0.05) is 23.7 Å². The summed E-state index contributed by atoms with van der Waals surface area (Å²) in [6.45, 7) is 0.399. The molecule has 2 aromatic rings. The van der Waals surface area contributed by atoms with E-state index in [1.54, 1.807) is 6.07 Å². The van der Waals surface area contributed by atoms with Crippen molar-refractivity contribution in [2.45, 2.75) is 19.3 Å². The molecule has 0 aromatic heterocycles. The maximum Gasteiger partial charge on any atom is 0.323 e. The lowest BCUT2D eigenvalue weighted by Gasteiger charge is -2.10. The fourth-order valence-corrected chi connectivity index (χ4v) is 2.77. The Morgan fingerprint density at radius 2 is 1.85 bits per heavy atom. The zero-order valence-electron chi connectivity index (χ0n) is 13.8. The molecule has 0 bridgehead atoms. The zero-order valence-corrected chi connectivity index (χ0v) is 15.3. The van der Waals surface area contributed by atoms with E-state index in [1.165, 1.54) is 18.2 Å². The lowest BCUT2D eigenvalue weighted by atomic mass is 10.1. The summed E-state index contributed by atoms with van der Waals surface area (Å²) in [6, 6.07) is 10.8. The Bertz CT molecular complexity index is 792. The monoisotopic (exact) mass is 398 g/mol. The number of halogens is 2. The second kappa shape index (κ2) is 10.2. The normalized spacial score (nSPS) is 11.8.